The van der Waals surface area contributed by atoms with Crippen LogP contribution >= 0.6 is 0 Å². The fourth-order valence-corrected chi connectivity index (χ4v) is 2.38. The predicted molar refractivity (Wildman–Crippen MR) is 73.7 cm³/mol. The average Bonchev–Trinajstić information content (AvgIpc) is 2.89. The van der Waals surface area contributed by atoms with Crippen molar-refractivity contribution in [2.75, 3.05) is 0 Å². The molecule has 1 heterocycles. The van der Waals surface area contributed by atoms with E-state index in [9.17, 15) is 8.78 Å². The van der Waals surface area contributed by atoms with E-state index in [4.69, 9.17) is 15.9 Å². The molecule has 0 unspecified atom stereocenters. The molecule has 108 valence electrons. The number of nitrogen functional groups attached to an aromatic ring is 1. The second-order valence-electron chi connectivity index (χ2n) is 4.89. The fourth-order valence-electron chi connectivity index (χ4n) is 2.38. The van der Waals surface area contributed by atoms with Gasteiger partial charge in [0.15, 0.2) is 11.6 Å². The number of fused-ring (bicyclic) bond motifs is 1. The van der Waals surface area contributed by atoms with Gasteiger partial charge in [-0.3, -0.25) is 5.41 Å². The van der Waals surface area contributed by atoms with Crippen molar-refractivity contribution in [2.45, 2.75) is 19.3 Å². The number of benzene rings is 1. The zero-order valence-electron chi connectivity index (χ0n) is 11.1. The minimum atomic E-state index is -1.00. The van der Waals surface area contributed by atoms with Crippen molar-refractivity contribution in [2.24, 2.45) is 5.73 Å². The number of nitrogens with two attached hydrogens (primary N) is 1. The first kappa shape index (κ1) is 13.5. The largest absolute Gasteiger partial charge is 0.438 e. The highest BCUT2D eigenvalue weighted by molar-refractivity contribution is 5.97. The van der Waals surface area contributed by atoms with Gasteiger partial charge in [0, 0.05) is 11.8 Å². The van der Waals surface area contributed by atoms with Gasteiger partial charge >= 0.3 is 0 Å². The highest BCUT2D eigenvalue weighted by Crippen LogP contribution is 2.30. The number of nitrogens with zero attached hydrogens (tertiary/aromatic N) is 1. The van der Waals surface area contributed by atoms with Gasteiger partial charge in [-0.05, 0) is 43.0 Å². The van der Waals surface area contributed by atoms with Gasteiger partial charge in [0.25, 0.3) is 0 Å². The van der Waals surface area contributed by atoms with E-state index in [0.29, 0.717) is 5.56 Å². The Hall–Kier alpha value is -2.50. The van der Waals surface area contributed by atoms with Crippen molar-refractivity contribution in [1.82, 2.24) is 4.98 Å². The quantitative estimate of drug-likeness (QED) is 0.674. The maximum Gasteiger partial charge on any atom is 0.230 e. The number of aryl methyl sites for hydroxylation is 2. The molecule has 0 bridgehead atoms. The monoisotopic (exact) mass is 289 g/mol. The third kappa shape index (κ3) is 2.56. The van der Waals surface area contributed by atoms with Gasteiger partial charge in [-0.1, -0.05) is 0 Å². The van der Waals surface area contributed by atoms with Crippen LogP contribution in [-0.2, 0) is 12.8 Å². The van der Waals surface area contributed by atoms with Crippen LogP contribution in [-0.4, -0.2) is 10.8 Å². The Labute approximate surface area is 120 Å². The van der Waals surface area contributed by atoms with Crippen LogP contribution in [0.2, 0.25) is 0 Å². The second-order valence-corrected chi connectivity index (χ2v) is 4.89. The van der Waals surface area contributed by atoms with Gasteiger partial charge in [-0.15, -0.1) is 0 Å². The van der Waals surface area contributed by atoms with Crippen molar-refractivity contribution in [3.63, 3.8) is 0 Å². The van der Waals surface area contributed by atoms with Crippen LogP contribution in [0.1, 0.15) is 23.2 Å². The second kappa shape index (κ2) is 5.12. The molecule has 1 aromatic carbocycles. The minimum Gasteiger partial charge on any atom is -0.438 e. The van der Waals surface area contributed by atoms with Crippen molar-refractivity contribution in [1.29, 1.82) is 5.41 Å². The number of pyridine rings is 1. The maximum atomic E-state index is 13.2. The van der Waals surface area contributed by atoms with Crippen molar-refractivity contribution in [3.05, 3.63) is 52.7 Å². The number of amidine groups is 1. The molecule has 0 saturated heterocycles. The smallest absolute Gasteiger partial charge is 0.230 e. The van der Waals surface area contributed by atoms with E-state index in [1.54, 1.807) is 6.07 Å². The molecule has 3 rings (SSSR count). The lowest BCUT2D eigenvalue weighted by Crippen LogP contribution is -2.14. The van der Waals surface area contributed by atoms with Crippen molar-refractivity contribution >= 4 is 5.84 Å². The summed E-state index contributed by atoms with van der Waals surface area (Å²) in [5, 5.41) is 7.60. The molecule has 0 aliphatic heterocycles. The molecule has 21 heavy (non-hydrogen) atoms. The average molecular weight is 289 g/mol. The van der Waals surface area contributed by atoms with Gasteiger partial charge in [0.1, 0.15) is 11.6 Å². The Morgan fingerprint density at radius 3 is 2.71 bits per heavy atom. The summed E-state index contributed by atoms with van der Waals surface area (Å²) in [6.45, 7) is 0. The van der Waals surface area contributed by atoms with Crippen molar-refractivity contribution in [3.8, 4) is 11.6 Å². The summed E-state index contributed by atoms with van der Waals surface area (Å²) in [6, 6.07) is 5.00. The van der Waals surface area contributed by atoms with Gasteiger partial charge in [-0.2, -0.15) is 0 Å². The lowest BCUT2D eigenvalue weighted by atomic mass is 10.1. The van der Waals surface area contributed by atoms with Gasteiger partial charge in [-0.25, -0.2) is 13.8 Å². The molecule has 0 radical (unpaired) electrons. The number of rotatable bonds is 3. The van der Waals surface area contributed by atoms with E-state index in [0.717, 1.165) is 42.7 Å². The molecule has 2 aromatic rings. The Morgan fingerprint density at radius 2 is 2.00 bits per heavy atom. The van der Waals surface area contributed by atoms with Crippen LogP contribution in [0.15, 0.2) is 24.3 Å². The predicted octanol–water partition coefficient (Wildman–Crippen LogP) is 2.92. The van der Waals surface area contributed by atoms with Gasteiger partial charge in [0.05, 0.1) is 5.56 Å². The standard InChI is InChI=1S/C15H13F2N3O/c16-11-5-4-9(7-12(11)17)21-15-10(14(18)19)6-8-2-1-3-13(8)20-15/h4-7H,1-3H2,(H3,18,19). The third-order valence-electron chi connectivity index (χ3n) is 3.41. The summed E-state index contributed by atoms with van der Waals surface area (Å²) in [5.74, 6) is -1.86. The molecule has 0 saturated carbocycles. The van der Waals surface area contributed by atoms with E-state index in [-0.39, 0.29) is 17.5 Å². The van der Waals surface area contributed by atoms with Crippen LogP contribution in [0.4, 0.5) is 8.78 Å². The van der Waals surface area contributed by atoms with Gasteiger partial charge < -0.3 is 10.5 Å². The molecule has 0 atom stereocenters. The lowest BCUT2D eigenvalue weighted by Gasteiger charge is -2.11. The summed E-state index contributed by atoms with van der Waals surface area (Å²) < 4.78 is 31.6. The molecule has 0 fully saturated rings. The number of halogens is 2. The number of ether oxygens (including phenoxy) is 1. The number of hydrogen-bond donors (Lipinski definition) is 2. The fraction of sp³-hybridized carbons (Fsp3) is 0.200. The van der Waals surface area contributed by atoms with Crippen LogP contribution in [0.5, 0.6) is 11.6 Å². The summed E-state index contributed by atoms with van der Waals surface area (Å²) in [6.07, 6.45) is 2.73. The minimum absolute atomic E-state index is 0.113. The Morgan fingerprint density at radius 1 is 1.19 bits per heavy atom. The number of nitrogens with one attached hydrogen (secondary N) is 1. The van der Waals surface area contributed by atoms with Crippen LogP contribution in [0, 0.1) is 17.0 Å². The highest BCUT2D eigenvalue weighted by Gasteiger charge is 2.19. The SMILES string of the molecule is N=C(N)c1cc2c(nc1Oc1ccc(F)c(F)c1)CCC2. The molecule has 1 aromatic heterocycles. The van der Waals surface area contributed by atoms with Crippen LogP contribution in [0.25, 0.3) is 0 Å². The number of hydrogen-bond acceptors (Lipinski definition) is 3. The van der Waals surface area contributed by atoms with E-state index < -0.39 is 11.6 Å². The summed E-state index contributed by atoms with van der Waals surface area (Å²) >= 11 is 0. The van der Waals surface area contributed by atoms with E-state index in [1.807, 2.05) is 0 Å². The molecule has 1 aliphatic rings. The molecular weight excluding hydrogens is 276 g/mol. The summed E-state index contributed by atoms with van der Waals surface area (Å²) in [5.41, 5.74) is 7.86. The first-order chi connectivity index (χ1) is 10.0. The Balaban J connectivity index is 2.01. The first-order valence-corrected chi connectivity index (χ1v) is 6.54. The molecule has 6 heteroatoms. The van der Waals surface area contributed by atoms with Crippen LogP contribution < -0.4 is 10.5 Å². The molecule has 1 aliphatic carbocycles. The van der Waals surface area contributed by atoms with Crippen molar-refractivity contribution < 1.29 is 13.5 Å². The highest BCUT2D eigenvalue weighted by atomic mass is 19.2. The van der Waals surface area contributed by atoms with E-state index in [2.05, 4.69) is 4.98 Å². The van der Waals surface area contributed by atoms with E-state index in [1.165, 1.54) is 6.07 Å². The molecular formula is C15H13F2N3O. The topological polar surface area (TPSA) is 72.0 Å². The molecule has 0 spiro atoms. The first-order valence-electron chi connectivity index (χ1n) is 6.54. The normalized spacial score (nSPS) is 13.0. The zero-order valence-corrected chi connectivity index (χ0v) is 11.1. The lowest BCUT2D eigenvalue weighted by molar-refractivity contribution is 0.445. The molecule has 4 nitrogen and oxygen atoms in total. The van der Waals surface area contributed by atoms with E-state index >= 15 is 0 Å². The Kier molecular flexibility index (Phi) is 3.29. The summed E-state index contributed by atoms with van der Waals surface area (Å²) in [7, 11) is 0. The number of aromatic nitrogens is 1. The van der Waals surface area contributed by atoms with Gasteiger partial charge in [0.2, 0.25) is 5.88 Å². The third-order valence-corrected chi connectivity index (χ3v) is 3.41. The Bertz CT molecular complexity index is 731. The van der Waals surface area contributed by atoms with Crippen LogP contribution in [0.3, 0.4) is 0 Å². The summed E-state index contributed by atoms with van der Waals surface area (Å²) in [4.78, 5) is 4.36. The molecule has 0 amide bonds. The molecule has 3 N–H and O–H groups in total. The maximum absolute atomic E-state index is 13.2. The zero-order chi connectivity index (χ0) is 15.0.